The third-order valence-corrected chi connectivity index (χ3v) is 4.93. The quantitative estimate of drug-likeness (QED) is 0.738. The van der Waals surface area contributed by atoms with Crippen molar-refractivity contribution in [1.82, 2.24) is 10.2 Å². The largest absolute Gasteiger partial charge is 0.398 e. The number of piperidine rings is 1. The molecule has 6 heteroatoms. The maximum absolute atomic E-state index is 11.0. The Labute approximate surface area is 142 Å². The third kappa shape index (κ3) is 4.97. The summed E-state index contributed by atoms with van der Waals surface area (Å²) in [5.41, 5.74) is 8.09. The zero-order valence-corrected chi connectivity index (χ0v) is 15.3. The van der Waals surface area contributed by atoms with Crippen molar-refractivity contribution in [2.45, 2.75) is 26.3 Å². The van der Waals surface area contributed by atoms with Gasteiger partial charge in [-0.3, -0.25) is 9.69 Å². The standard InChI is InChI=1S/C15H21Br2N3O/c1-10(21)19-7-11-3-2-4-20(8-11)9-12-5-13(16)6-14(17)15(12)18/h5-6,11H,2-4,7-9,18H2,1H3,(H,19,21). The maximum Gasteiger partial charge on any atom is 0.216 e. The zero-order chi connectivity index (χ0) is 15.4. The van der Waals surface area contributed by atoms with Crippen molar-refractivity contribution in [3.63, 3.8) is 0 Å². The van der Waals surface area contributed by atoms with Gasteiger partial charge >= 0.3 is 0 Å². The van der Waals surface area contributed by atoms with Crippen LogP contribution < -0.4 is 11.1 Å². The highest BCUT2D eigenvalue weighted by atomic mass is 79.9. The van der Waals surface area contributed by atoms with E-state index in [2.05, 4.69) is 48.1 Å². The van der Waals surface area contributed by atoms with Gasteiger partial charge < -0.3 is 11.1 Å². The Bertz CT molecular complexity index is 522. The van der Waals surface area contributed by atoms with E-state index in [9.17, 15) is 4.79 Å². The average Bonchev–Trinajstić information content (AvgIpc) is 2.42. The van der Waals surface area contributed by atoms with Gasteiger partial charge in [-0.15, -0.1) is 0 Å². The molecule has 4 nitrogen and oxygen atoms in total. The molecule has 1 aromatic rings. The van der Waals surface area contributed by atoms with Crippen LogP contribution in [0.25, 0.3) is 0 Å². The molecule has 0 bridgehead atoms. The van der Waals surface area contributed by atoms with Crippen LogP contribution in [0, 0.1) is 5.92 Å². The van der Waals surface area contributed by atoms with Gasteiger partial charge in [-0.05, 0) is 58.9 Å². The molecule has 1 saturated heterocycles. The van der Waals surface area contributed by atoms with Crippen LogP contribution in [0.4, 0.5) is 5.69 Å². The number of nitrogens with zero attached hydrogens (tertiary/aromatic N) is 1. The van der Waals surface area contributed by atoms with Crippen molar-refractivity contribution in [3.8, 4) is 0 Å². The Morgan fingerprint density at radius 3 is 2.95 bits per heavy atom. The van der Waals surface area contributed by atoms with Gasteiger partial charge in [0.05, 0.1) is 5.69 Å². The lowest BCUT2D eigenvalue weighted by molar-refractivity contribution is -0.119. The highest BCUT2D eigenvalue weighted by Gasteiger charge is 2.21. The van der Waals surface area contributed by atoms with E-state index in [1.807, 2.05) is 6.07 Å². The first kappa shape index (κ1) is 16.8. The molecule has 1 aromatic carbocycles. The Balaban J connectivity index is 1.98. The normalized spacial score (nSPS) is 19.5. The lowest BCUT2D eigenvalue weighted by Gasteiger charge is -2.33. The second-order valence-electron chi connectivity index (χ2n) is 5.64. The van der Waals surface area contributed by atoms with Crippen LogP contribution in [-0.4, -0.2) is 30.4 Å². The predicted octanol–water partition coefficient (Wildman–Crippen LogP) is 3.14. The number of nitrogen functional groups attached to an aromatic ring is 1. The fraction of sp³-hybridized carbons (Fsp3) is 0.533. The second kappa shape index (κ2) is 7.61. The van der Waals surface area contributed by atoms with Crippen molar-refractivity contribution in [2.24, 2.45) is 5.92 Å². The number of hydrogen-bond acceptors (Lipinski definition) is 3. The van der Waals surface area contributed by atoms with Crippen molar-refractivity contribution in [3.05, 3.63) is 26.6 Å². The number of anilines is 1. The number of amides is 1. The summed E-state index contributed by atoms with van der Waals surface area (Å²) in [5, 5.41) is 2.92. The van der Waals surface area contributed by atoms with Gasteiger partial charge in [0.15, 0.2) is 0 Å². The molecular formula is C15H21Br2N3O. The minimum atomic E-state index is 0.0484. The first-order valence-corrected chi connectivity index (χ1v) is 8.74. The molecule has 1 heterocycles. The summed E-state index contributed by atoms with van der Waals surface area (Å²) in [6, 6.07) is 4.05. The number of hydrogen-bond donors (Lipinski definition) is 2. The molecule has 21 heavy (non-hydrogen) atoms. The van der Waals surface area contributed by atoms with Gasteiger partial charge in [-0.25, -0.2) is 0 Å². The van der Waals surface area contributed by atoms with Gasteiger partial charge in [0, 0.05) is 35.5 Å². The van der Waals surface area contributed by atoms with Crippen LogP contribution in [0.5, 0.6) is 0 Å². The summed E-state index contributed by atoms with van der Waals surface area (Å²) in [6.07, 6.45) is 2.34. The zero-order valence-electron chi connectivity index (χ0n) is 12.2. The molecule has 1 aliphatic heterocycles. The van der Waals surface area contributed by atoms with Crippen LogP contribution in [0.15, 0.2) is 21.1 Å². The van der Waals surface area contributed by atoms with E-state index >= 15 is 0 Å². The number of nitrogens with one attached hydrogen (secondary N) is 1. The number of carbonyl (C=O) groups excluding carboxylic acids is 1. The van der Waals surface area contributed by atoms with Crippen LogP contribution in [-0.2, 0) is 11.3 Å². The molecule has 0 radical (unpaired) electrons. The van der Waals surface area contributed by atoms with Crippen molar-refractivity contribution in [1.29, 1.82) is 0 Å². The van der Waals surface area contributed by atoms with Crippen molar-refractivity contribution in [2.75, 3.05) is 25.4 Å². The molecule has 0 aliphatic carbocycles. The number of carbonyl (C=O) groups is 1. The average molecular weight is 419 g/mol. The fourth-order valence-electron chi connectivity index (χ4n) is 2.76. The highest BCUT2D eigenvalue weighted by Crippen LogP contribution is 2.30. The van der Waals surface area contributed by atoms with Gasteiger partial charge in [0.2, 0.25) is 5.91 Å². The molecule has 0 saturated carbocycles. The first-order chi connectivity index (χ1) is 9.95. The summed E-state index contributed by atoms with van der Waals surface area (Å²) in [6.45, 7) is 5.27. The second-order valence-corrected chi connectivity index (χ2v) is 7.41. The highest BCUT2D eigenvalue weighted by molar-refractivity contribution is 9.11. The molecule has 1 fully saturated rings. The Hall–Kier alpha value is -0.590. The third-order valence-electron chi connectivity index (χ3n) is 3.82. The van der Waals surface area contributed by atoms with Crippen LogP contribution >= 0.6 is 31.9 Å². The number of benzene rings is 1. The summed E-state index contributed by atoms with van der Waals surface area (Å²) in [4.78, 5) is 13.4. The monoisotopic (exact) mass is 417 g/mol. The van der Waals surface area contributed by atoms with Crippen LogP contribution in [0.3, 0.4) is 0 Å². The maximum atomic E-state index is 11.0. The van der Waals surface area contributed by atoms with E-state index in [1.165, 1.54) is 12.8 Å². The van der Waals surface area contributed by atoms with E-state index < -0.39 is 0 Å². The smallest absolute Gasteiger partial charge is 0.216 e. The van der Waals surface area contributed by atoms with Crippen molar-refractivity contribution >= 4 is 43.5 Å². The van der Waals surface area contributed by atoms with Crippen molar-refractivity contribution < 1.29 is 4.79 Å². The lowest BCUT2D eigenvalue weighted by Crippen LogP contribution is -2.40. The molecule has 3 N–H and O–H groups in total. The number of nitrogens with two attached hydrogens (primary N) is 1. The predicted molar refractivity (Wildman–Crippen MR) is 92.9 cm³/mol. The van der Waals surface area contributed by atoms with Gasteiger partial charge in [-0.2, -0.15) is 0 Å². The van der Waals surface area contributed by atoms with E-state index in [0.717, 1.165) is 46.4 Å². The SMILES string of the molecule is CC(=O)NCC1CCCN(Cc2cc(Br)cc(Br)c2N)C1. The molecular weight excluding hydrogens is 398 g/mol. The number of likely N-dealkylation sites (tertiary alicyclic amines) is 1. The van der Waals surface area contributed by atoms with Crippen LogP contribution in [0.1, 0.15) is 25.3 Å². The first-order valence-electron chi connectivity index (χ1n) is 7.16. The molecule has 1 amide bonds. The molecule has 1 unspecified atom stereocenters. The molecule has 1 aliphatic rings. The van der Waals surface area contributed by atoms with E-state index in [4.69, 9.17) is 5.73 Å². The van der Waals surface area contributed by atoms with Gasteiger partial charge in [-0.1, -0.05) is 15.9 Å². The Morgan fingerprint density at radius 1 is 1.48 bits per heavy atom. The summed E-state index contributed by atoms with van der Waals surface area (Å²) in [7, 11) is 0. The van der Waals surface area contributed by atoms with E-state index in [-0.39, 0.29) is 5.91 Å². The van der Waals surface area contributed by atoms with Gasteiger partial charge in [0.1, 0.15) is 0 Å². The van der Waals surface area contributed by atoms with Gasteiger partial charge in [0.25, 0.3) is 0 Å². The van der Waals surface area contributed by atoms with E-state index in [0.29, 0.717) is 5.92 Å². The lowest BCUT2D eigenvalue weighted by atomic mass is 9.97. The summed E-state index contributed by atoms with van der Waals surface area (Å²) < 4.78 is 1.96. The fourth-order valence-corrected chi connectivity index (χ4v) is 4.07. The van der Waals surface area contributed by atoms with Crippen LogP contribution in [0.2, 0.25) is 0 Å². The van der Waals surface area contributed by atoms with E-state index in [1.54, 1.807) is 6.92 Å². The number of rotatable bonds is 4. The molecule has 116 valence electrons. The summed E-state index contributed by atoms with van der Waals surface area (Å²) >= 11 is 7.01. The topological polar surface area (TPSA) is 58.4 Å². The Kier molecular flexibility index (Phi) is 6.08. The molecule has 0 spiro atoms. The molecule has 0 aromatic heterocycles. The minimum absolute atomic E-state index is 0.0484. The summed E-state index contributed by atoms with van der Waals surface area (Å²) in [5.74, 6) is 0.576. The Morgan fingerprint density at radius 2 is 2.24 bits per heavy atom. The number of halogens is 2. The molecule has 2 rings (SSSR count). The molecule has 1 atom stereocenters. The minimum Gasteiger partial charge on any atom is -0.398 e.